The van der Waals surface area contributed by atoms with Gasteiger partial charge in [-0.2, -0.15) is 5.10 Å². The van der Waals surface area contributed by atoms with Crippen LogP contribution in [0.2, 0.25) is 5.15 Å². The summed E-state index contributed by atoms with van der Waals surface area (Å²) in [6, 6.07) is 20.8. The second-order valence-electron chi connectivity index (χ2n) is 8.65. The molecule has 0 spiro atoms. The zero-order chi connectivity index (χ0) is 24.8. The van der Waals surface area contributed by atoms with Gasteiger partial charge in [0.05, 0.1) is 6.54 Å². The lowest BCUT2D eigenvalue weighted by Gasteiger charge is -2.23. The van der Waals surface area contributed by atoms with Crippen molar-refractivity contribution in [3.05, 3.63) is 105 Å². The summed E-state index contributed by atoms with van der Waals surface area (Å²) in [5, 5.41) is 5.08. The van der Waals surface area contributed by atoms with E-state index in [1.807, 2.05) is 66.4 Å². The highest BCUT2D eigenvalue weighted by Gasteiger charge is 2.17. The van der Waals surface area contributed by atoms with Gasteiger partial charge in [-0.15, -0.1) is 12.4 Å². The second-order valence-corrected chi connectivity index (χ2v) is 9.04. The number of hydrogen-bond donors (Lipinski definition) is 1. The third kappa shape index (κ3) is 6.35. The minimum atomic E-state index is -0.138. The van der Waals surface area contributed by atoms with Crippen LogP contribution in [0.4, 0.5) is 0 Å². The summed E-state index contributed by atoms with van der Waals surface area (Å²) in [6.07, 6.45) is 1.89. The van der Waals surface area contributed by atoms with Gasteiger partial charge in [0, 0.05) is 25.1 Å². The Morgan fingerprint density at radius 2 is 1.69 bits per heavy atom. The van der Waals surface area contributed by atoms with Crippen molar-refractivity contribution in [1.82, 2.24) is 19.1 Å². The standard InChI is InChI=1S/C27H30ClN5O2.ClH/c1-20-10-12-22(13-11-20)26(34)31(18-6-16-29)17-5-9-25-30-33-23(14-15-24(33)28)27(35)32(25)19-21-7-3-2-4-8-21;/h2-4,7-8,10-15H,5-6,9,16-19,29H2,1H3;1H. The predicted octanol–water partition coefficient (Wildman–Crippen LogP) is 4.35. The average molecular weight is 528 g/mol. The highest BCUT2D eigenvalue weighted by atomic mass is 35.5. The summed E-state index contributed by atoms with van der Waals surface area (Å²) in [4.78, 5) is 28.3. The van der Waals surface area contributed by atoms with Crippen molar-refractivity contribution in [3.8, 4) is 0 Å². The van der Waals surface area contributed by atoms with Crippen LogP contribution in [0.15, 0.2) is 71.5 Å². The third-order valence-corrected chi connectivity index (χ3v) is 6.32. The van der Waals surface area contributed by atoms with Gasteiger partial charge in [-0.25, -0.2) is 4.52 Å². The molecule has 0 aliphatic rings. The summed E-state index contributed by atoms with van der Waals surface area (Å²) < 4.78 is 3.19. The Balaban J connectivity index is 0.00000361. The van der Waals surface area contributed by atoms with Gasteiger partial charge in [0.25, 0.3) is 11.5 Å². The monoisotopic (exact) mass is 527 g/mol. The summed E-state index contributed by atoms with van der Waals surface area (Å²) in [7, 11) is 0. The number of halogens is 2. The Morgan fingerprint density at radius 1 is 1.00 bits per heavy atom. The maximum absolute atomic E-state index is 13.3. The fourth-order valence-corrected chi connectivity index (χ4v) is 4.30. The Kier molecular flexibility index (Phi) is 9.70. The first kappa shape index (κ1) is 27.5. The van der Waals surface area contributed by atoms with Gasteiger partial charge >= 0.3 is 0 Å². The van der Waals surface area contributed by atoms with Crippen LogP contribution in [0.5, 0.6) is 0 Å². The number of aromatic nitrogens is 3. The molecule has 190 valence electrons. The molecular weight excluding hydrogens is 497 g/mol. The van der Waals surface area contributed by atoms with Gasteiger partial charge in [-0.05, 0) is 56.1 Å². The van der Waals surface area contributed by atoms with E-state index in [4.69, 9.17) is 17.3 Å². The predicted molar refractivity (Wildman–Crippen MR) is 146 cm³/mol. The van der Waals surface area contributed by atoms with Crippen LogP contribution in [-0.2, 0) is 13.0 Å². The minimum absolute atomic E-state index is 0. The van der Waals surface area contributed by atoms with E-state index in [9.17, 15) is 9.59 Å². The number of hydrogen-bond acceptors (Lipinski definition) is 4. The van der Waals surface area contributed by atoms with Crippen LogP contribution in [0.25, 0.3) is 5.52 Å². The Labute approximate surface area is 221 Å². The van der Waals surface area contributed by atoms with E-state index >= 15 is 0 Å². The number of carbonyl (C=O) groups excluding carboxylic acids is 1. The molecule has 9 heteroatoms. The van der Waals surface area contributed by atoms with E-state index in [1.54, 1.807) is 16.7 Å². The SMILES string of the molecule is Cc1ccc(C(=O)N(CCCN)CCCc2nn3c(Cl)ccc3c(=O)n2Cc2ccccc2)cc1.Cl. The maximum Gasteiger partial charge on any atom is 0.278 e. The van der Waals surface area contributed by atoms with Gasteiger partial charge < -0.3 is 10.6 Å². The molecule has 2 N–H and O–H groups in total. The third-order valence-electron chi connectivity index (χ3n) is 6.03. The molecule has 0 saturated carbocycles. The zero-order valence-electron chi connectivity index (χ0n) is 20.3. The molecule has 1 amide bonds. The number of fused-ring (bicyclic) bond motifs is 1. The number of rotatable bonds is 10. The summed E-state index contributed by atoms with van der Waals surface area (Å²) >= 11 is 6.28. The lowest BCUT2D eigenvalue weighted by Crippen LogP contribution is -2.34. The van der Waals surface area contributed by atoms with Crippen molar-refractivity contribution in [3.63, 3.8) is 0 Å². The molecule has 0 atom stereocenters. The van der Waals surface area contributed by atoms with Crippen molar-refractivity contribution in [1.29, 1.82) is 0 Å². The molecule has 36 heavy (non-hydrogen) atoms. The summed E-state index contributed by atoms with van der Waals surface area (Å²) in [5.74, 6) is 0.614. The molecule has 4 rings (SSSR count). The Bertz CT molecular complexity index is 1350. The van der Waals surface area contributed by atoms with Crippen molar-refractivity contribution in [2.45, 2.75) is 32.7 Å². The quantitative estimate of drug-likeness (QED) is 0.332. The molecule has 2 heterocycles. The average Bonchev–Trinajstić information content (AvgIpc) is 3.24. The maximum atomic E-state index is 13.3. The molecule has 4 aromatic rings. The van der Waals surface area contributed by atoms with Crippen LogP contribution in [0, 0.1) is 6.92 Å². The number of benzene rings is 2. The molecule has 7 nitrogen and oxygen atoms in total. The van der Waals surface area contributed by atoms with Crippen molar-refractivity contribution >= 4 is 35.4 Å². The molecule has 0 radical (unpaired) electrons. The summed E-state index contributed by atoms with van der Waals surface area (Å²) in [5.41, 5.74) is 8.80. The largest absolute Gasteiger partial charge is 0.339 e. The number of carbonyl (C=O) groups is 1. The lowest BCUT2D eigenvalue weighted by molar-refractivity contribution is 0.0752. The van der Waals surface area contributed by atoms with Crippen LogP contribution in [0.1, 0.15) is 40.2 Å². The van der Waals surface area contributed by atoms with Crippen molar-refractivity contribution in [2.75, 3.05) is 19.6 Å². The van der Waals surface area contributed by atoms with E-state index in [-0.39, 0.29) is 23.9 Å². The van der Waals surface area contributed by atoms with E-state index in [0.29, 0.717) is 61.1 Å². The first-order valence-electron chi connectivity index (χ1n) is 11.8. The first-order valence-corrected chi connectivity index (χ1v) is 12.2. The second kappa shape index (κ2) is 12.7. The minimum Gasteiger partial charge on any atom is -0.339 e. The number of aryl methyl sites for hydroxylation is 2. The topological polar surface area (TPSA) is 85.6 Å². The number of amides is 1. The number of nitrogens with two attached hydrogens (primary N) is 1. The van der Waals surface area contributed by atoms with Crippen molar-refractivity contribution in [2.24, 2.45) is 5.73 Å². The van der Waals surface area contributed by atoms with Crippen LogP contribution < -0.4 is 11.3 Å². The molecule has 2 aromatic carbocycles. The normalized spacial score (nSPS) is 10.9. The molecule has 2 aromatic heterocycles. The molecule has 0 unspecified atom stereocenters. The van der Waals surface area contributed by atoms with Gasteiger partial charge in [0.1, 0.15) is 16.5 Å². The summed E-state index contributed by atoms with van der Waals surface area (Å²) in [6.45, 7) is 4.04. The highest BCUT2D eigenvalue weighted by molar-refractivity contribution is 6.29. The van der Waals surface area contributed by atoms with E-state index in [1.165, 1.54) is 4.52 Å². The lowest BCUT2D eigenvalue weighted by atomic mass is 10.1. The molecule has 0 saturated heterocycles. The van der Waals surface area contributed by atoms with Crippen molar-refractivity contribution < 1.29 is 4.79 Å². The highest BCUT2D eigenvalue weighted by Crippen LogP contribution is 2.14. The van der Waals surface area contributed by atoms with Crippen LogP contribution in [-0.4, -0.2) is 44.6 Å². The molecular formula is C27H31Cl2N5O2. The Hall–Kier alpha value is -3.13. The molecule has 0 fully saturated rings. The molecule has 0 aliphatic heterocycles. The zero-order valence-corrected chi connectivity index (χ0v) is 21.8. The number of nitrogens with zero attached hydrogens (tertiary/aromatic N) is 4. The van der Waals surface area contributed by atoms with Gasteiger partial charge in [-0.3, -0.25) is 14.2 Å². The van der Waals surface area contributed by atoms with Gasteiger partial charge in [0.15, 0.2) is 0 Å². The molecule has 0 aliphatic carbocycles. The van der Waals surface area contributed by atoms with Crippen LogP contribution in [0.3, 0.4) is 0 Å². The van der Waals surface area contributed by atoms with E-state index < -0.39 is 0 Å². The smallest absolute Gasteiger partial charge is 0.278 e. The van der Waals surface area contributed by atoms with Gasteiger partial charge in [0.2, 0.25) is 0 Å². The van der Waals surface area contributed by atoms with Crippen LogP contribution >= 0.6 is 24.0 Å². The fraction of sp³-hybridized carbons (Fsp3) is 0.296. The van der Waals surface area contributed by atoms with Gasteiger partial charge in [-0.1, -0.05) is 59.6 Å². The molecule has 0 bridgehead atoms. The first-order chi connectivity index (χ1) is 17.0. The van der Waals surface area contributed by atoms with E-state index in [0.717, 1.165) is 17.5 Å². The van der Waals surface area contributed by atoms with E-state index in [2.05, 4.69) is 5.10 Å². The Morgan fingerprint density at radius 3 is 2.39 bits per heavy atom. The fourth-order valence-electron chi connectivity index (χ4n) is 4.11.